The smallest absolute Gasteiger partial charge is 0.00724 e. The summed E-state index contributed by atoms with van der Waals surface area (Å²) in [7, 11) is 0. The molecule has 4 atom stereocenters. The Hall–Kier alpha value is -0.0400. The van der Waals surface area contributed by atoms with Crippen molar-refractivity contribution < 1.29 is 0 Å². The highest BCUT2D eigenvalue weighted by molar-refractivity contribution is 4.84. The number of hydrogen-bond acceptors (Lipinski definition) is 1. The first-order valence-corrected chi connectivity index (χ1v) is 10.8. The molecule has 1 heteroatoms. The van der Waals surface area contributed by atoms with E-state index in [4.69, 9.17) is 5.73 Å². The van der Waals surface area contributed by atoms with E-state index in [0.717, 1.165) is 29.6 Å². The minimum Gasteiger partial charge on any atom is -0.327 e. The highest BCUT2D eigenvalue weighted by Gasteiger charge is 2.31. The normalized spacial score (nSPS) is 27.4. The van der Waals surface area contributed by atoms with Crippen molar-refractivity contribution in [2.45, 2.75) is 111 Å². The summed E-state index contributed by atoms with van der Waals surface area (Å²) < 4.78 is 0. The van der Waals surface area contributed by atoms with Crippen LogP contribution in [-0.4, -0.2) is 6.04 Å². The Labute approximate surface area is 147 Å². The fraction of sp³-hybridized carbons (Fsp3) is 1.00. The van der Waals surface area contributed by atoms with Crippen molar-refractivity contribution in [1.82, 2.24) is 0 Å². The van der Waals surface area contributed by atoms with Gasteiger partial charge in [-0.15, -0.1) is 0 Å². The highest BCUT2D eigenvalue weighted by atomic mass is 14.7. The third-order valence-corrected chi connectivity index (χ3v) is 6.94. The van der Waals surface area contributed by atoms with Gasteiger partial charge in [-0.05, 0) is 36.0 Å². The summed E-state index contributed by atoms with van der Waals surface area (Å²) in [6, 6.07) is 0.428. The zero-order chi connectivity index (χ0) is 17.2. The molecule has 2 unspecified atom stereocenters. The molecule has 0 bridgehead atoms. The molecule has 138 valence electrons. The van der Waals surface area contributed by atoms with Crippen molar-refractivity contribution in [2.24, 2.45) is 35.3 Å². The van der Waals surface area contributed by atoms with Crippen molar-refractivity contribution in [3.63, 3.8) is 0 Å². The van der Waals surface area contributed by atoms with Crippen molar-refractivity contribution in [2.75, 3.05) is 0 Å². The van der Waals surface area contributed by atoms with E-state index in [2.05, 4.69) is 34.6 Å². The van der Waals surface area contributed by atoms with Crippen molar-refractivity contribution >= 4 is 0 Å². The summed E-state index contributed by atoms with van der Waals surface area (Å²) in [5.74, 6) is 4.31. The van der Waals surface area contributed by atoms with Gasteiger partial charge >= 0.3 is 0 Å². The summed E-state index contributed by atoms with van der Waals surface area (Å²) in [5.41, 5.74) is 6.77. The molecule has 0 aromatic rings. The third-order valence-electron chi connectivity index (χ3n) is 6.94. The van der Waals surface area contributed by atoms with Gasteiger partial charge in [-0.3, -0.25) is 0 Å². The Balaban J connectivity index is 2.53. The van der Waals surface area contributed by atoms with Gasteiger partial charge in [0.25, 0.3) is 0 Å². The molecule has 0 radical (unpaired) electrons. The Morgan fingerprint density at radius 1 is 0.870 bits per heavy atom. The van der Waals surface area contributed by atoms with Gasteiger partial charge < -0.3 is 5.73 Å². The first kappa shape index (κ1) is 21.0. The molecule has 1 fully saturated rings. The maximum atomic E-state index is 6.77. The Bertz CT molecular complexity index is 280. The van der Waals surface area contributed by atoms with Gasteiger partial charge in [0.1, 0.15) is 0 Å². The number of nitrogens with two attached hydrogens (primary N) is 1. The van der Waals surface area contributed by atoms with Crippen LogP contribution in [0.25, 0.3) is 0 Å². The van der Waals surface area contributed by atoms with Crippen molar-refractivity contribution in [3.05, 3.63) is 0 Å². The average Bonchev–Trinajstić information content (AvgIpc) is 2.57. The summed E-state index contributed by atoms with van der Waals surface area (Å²) in [6.45, 7) is 11.9. The molecule has 2 N–H and O–H groups in total. The van der Waals surface area contributed by atoms with E-state index in [-0.39, 0.29) is 0 Å². The quantitative estimate of drug-likeness (QED) is 0.444. The van der Waals surface area contributed by atoms with Crippen LogP contribution in [0.1, 0.15) is 105 Å². The molecular weight excluding hydrogens is 278 g/mol. The standard InChI is InChI=1S/C22H45N/c1-6-10-11-17(5)20(8-3)21(9-4)22(23)16-19-14-12-18(7-2)13-15-19/h17-22H,6-16,23H2,1-5H3/t17-,18?,19?,20?,21-,22?/m0/s1. The molecule has 0 heterocycles. The van der Waals surface area contributed by atoms with Gasteiger partial charge in [0.05, 0.1) is 0 Å². The van der Waals surface area contributed by atoms with Gasteiger partial charge in [0.2, 0.25) is 0 Å². The molecule has 0 spiro atoms. The van der Waals surface area contributed by atoms with Gasteiger partial charge in [0, 0.05) is 6.04 Å². The zero-order valence-electron chi connectivity index (χ0n) is 16.8. The first-order valence-electron chi connectivity index (χ1n) is 10.8. The third kappa shape index (κ3) is 6.77. The summed E-state index contributed by atoms with van der Waals surface area (Å²) >= 11 is 0. The lowest BCUT2D eigenvalue weighted by Crippen LogP contribution is -2.39. The van der Waals surface area contributed by atoms with Crippen LogP contribution in [0.4, 0.5) is 0 Å². The molecule has 0 amide bonds. The molecule has 0 aromatic heterocycles. The maximum absolute atomic E-state index is 6.77. The largest absolute Gasteiger partial charge is 0.327 e. The molecule has 0 aliphatic heterocycles. The highest BCUT2D eigenvalue weighted by Crippen LogP contribution is 2.37. The van der Waals surface area contributed by atoms with Crippen molar-refractivity contribution in [1.29, 1.82) is 0 Å². The van der Waals surface area contributed by atoms with Crippen LogP contribution in [0, 0.1) is 29.6 Å². The maximum Gasteiger partial charge on any atom is 0.00724 e. The van der Waals surface area contributed by atoms with Gasteiger partial charge in [0.15, 0.2) is 0 Å². The topological polar surface area (TPSA) is 26.0 Å². The lowest BCUT2D eigenvalue weighted by Gasteiger charge is -2.37. The average molecular weight is 324 g/mol. The summed E-state index contributed by atoms with van der Waals surface area (Å²) in [4.78, 5) is 0. The van der Waals surface area contributed by atoms with Gasteiger partial charge in [-0.1, -0.05) is 98.8 Å². The Kier molecular flexibility index (Phi) is 10.5. The molecule has 1 aliphatic rings. The first-order chi connectivity index (χ1) is 11.1. The fourth-order valence-electron chi connectivity index (χ4n) is 5.23. The lowest BCUT2D eigenvalue weighted by atomic mass is 9.70. The summed E-state index contributed by atoms with van der Waals surface area (Å²) in [5, 5.41) is 0. The predicted octanol–water partition coefficient (Wildman–Crippen LogP) is 6.80. The van der Waals surface area contributed by atoms with Crippen LogP contribution < -0.4 is 5.73 Å². The van der Waals surface area contributed by atoms with Crippen LogP contribution >= 0.6 is 0 Å². The van der Waals surface area contributed by atoms with Gasteiger partial charge in [-0.2, -0.15) is 0 Å². The fourth-order valence-corrected chi connectivity index (χ4v) is 5.23. The second-order valence-electron chi connectivity index (χ2n) is 8.46. The number of hydrogen-bond donors (Lipinski definition) is 1. The van der Waals surface area contributed by atoms with E-state index >= 15 is 0 Å². The lowest BCUT2D eigenvalue weighted by molar-refractivity contribution is 0.156. The van der Waals surface area contributed by atoms with E-state index in [1.807, 2.05) is 0 Å². The van der Waals surface area contributed by atoms with Crippen molar-refractivity contribution in [3.8, 4) is 0 Å². The molecule has 1 aliphatic carbocycles. The van der Waals surface area contributed by atoms with E-state index in [1.165, 1.54) is 70.6 Å². The van der Waals surface area contributed by atoms with Crippen LogP contribution in [0.15, 0.2) is 0 Å². The predicted molar refractivity (Wildman–Crippen MR) is 105 cm³/mol. The molecule has 1 nitrogen and oxygen atoms in total. The van der Waals surface area contributed by atoms with E-state index in [0.29, 0.717) is 6.04 Å². The molecule has 0 aromatic carbocycles. The van der Waals surface area contributed by atoms with Crippen LogP contribution in [0.5, 0.6) is 0 Å². The van der Waals surface area contributed by atoms with E-state index < -0.39 is 0 Å². The minimum absolute atomic E-state index is 0.428. The van der Waals surface area contributed by atoms with Gasteiger partial charge in [-0.25, -0.2) is 0 Å². The van der Waals surface area contributed by atoms with Crippen LogP contribution in [0.3, 0.4) is 0 Å². The molecule has 1 saturated carbocycles. The second-order valence-corrected chi connectivity index (χ2v) is 8.46. The Morgan fingerprint density at radius 2 is 1.43 bits per heavy atom. The van der Waals surface area contributed by atoms with Crippen LogP contribution in [-0.2, 0) is 0 Å². The molecule has 23 heavy (non-hydrogen) atoms. The zero-order valence-corrected chi connectivity index (χ0v) is 16.8. The second kappa shape index (κ2) is 11.5. The minimum atomic E-state index is 0.428. The monoisotopic (exact) mass is 323 g/mol. The van der Waals surface area contributed by atoms with E-state index in [1.54, 1.807) is 0 Å². The number of rotatable bonds is 11. The Morgan fingerprint density at radius 3 is 1.91 bits per heavy atom. The molecule has 0 saturated heterocycles. The van der Waals surface area contributed by atoms with Crippen LogP contribution in [0.2, 0.25) is 0 Å². The number of unbranched alkanes of at least 4 members (excludes halogenated alkanes) is 1. The molecule has 1 rings (SSSR count). The van der Waals surface area contributed by atoms with E-state index in [9.17, 15) is 0 Å². The summed E-state index contributed by atoms with van der Waals surface area (Å²) in [6.07, 6.45) is 15.1. The molecular formula is C22H45N. The SMILES string of the molecule is CCCC[C@H](C)C(CC)[C@H](CC)C(N)CC1CCC(CC)CC1.